The summed E-state index contributed by atoms with van der Waals surface area (Å²) in [4.78, 5) is 10.4. The highest BCUT2D eigenvalue weighted by molar-refractivity contribution is 5.36. The zero-order chi connectivity index (χ0) is 12.5. The molecule has 0 fully saturated rings. The second kappa shape index (κ2) is 7.84. The molecule has 1 heterocycles. The monoisotopic (exact) mass is 238 g/mol. The van der Waals surface area contributed by atoms with Crippen molar-refractivity contribution in [2.75, 3.05) is 38.6 Å². The molecular formula is C12H22N4O. The SMILES string of the molecule is CCCOc1cc(NCCN(C)CC)ncn1. The van der Waals surface area contributed by atoms with Crippen molar-refractivity contribution in [1.82, 2.24) is 14.9 Å². The van der Waals surface area contributed by atoms with Gasteiger partial charge in [0.25, 0.3) is 0 Å². The summed E-state index contributed by atoms with van der Waals surface area (Å²) in [5.41, 5.74) is 0. The van der Waals surface area contributed by atoms with E-state index in [1.807, 2.05) is 6.07 Å². The van der Waals surface area contributed by atoms with E-state index in [9.17, 15) is 0 Å². The maximum absolute atomic E-state index is 5.44. The van der Waals surface area contributed by atoms with Crippen LogP contribution in [0, 0.1) is 0 Å². The Balaban J connectivity index is 2.37. The molecule has 0 saturated carbocycles. The molecule has 0 atom stereocenters. The number of rotatable bonds is 8. The van der Waals surface area contributed by atoms with Crippen molar-refractivity contribution in [2.24, 2.45) is 0 Å². The summed E-state index contributed by atoms with van der Waals surface area (Å²) in [7, 11) is 2.09. The molecule has 96 valence electrons. The molecule has 1 rings (SSSR count). The predicted octanol–water partition coefficient (Wildman–Crippen LogP) is 1.63. The third-order valence-corrected chi connectivity index (χ3v) is 2.44. The van der Waals surface area contributed by atoms with Crippen LogP contribution >= 0.6 is 0 Å². The Kier molecular flexibility index (Phi) is 6.32. The fourth-order valence-corrected chi connectivity index (χ4v) is 1.25. The molecular weight excluding hydrogens is 216 g/mol. The van der Waals surface area contributed by atoms with Gasteiger partial charge in [-0.15, -0.1) is 0 Å². The largest absolute Gasteiger partial charge is 0.478 e. The first-order valence-corrected chi connectivity index (χ1v) is 6.13. The van der Waals surface area contributed by atoms with Crippen LogP contribution in [0.15, 0.2) is 12.4 Å². The summed E-state index contributed by atoms with van der Waals surface area (Å²) in [6.45, 7) is 7.81. The molecule has 0 unspecified atom stereocenters. The van der Waals surface area contributed by atoms with Gasteiger partial charge in [0.05, 0.1) is 6.61 Å². The molecule has 5 nitrogen and oxygen atoms in total. The third-order valence-electron chi connectivity index (χ3n) is 2.44. The Labute approximate surface area is 103 Å². The minimum absolute atomic E-state index is 0.633. The van der Waals surface area contributed by atoms with Gasteiger partial charge in [-0.25, -0.2) is 9.97 Å². The van der Waals surface area contributed by atoms with Gasteiger partial charge in [-0.1, -0.05) is 13.8 Å². The molecule has 0 aromatic carbocycles. The minimum atomic E-state index is 0.633. The average molecular weight is 238 g/mol. The van der Waals surface area contributed by atoms with E-state index in [1.54, 1.807) is 0 Å². The van der Waals surface area contributed by atoms with Gasteiger partial charge >= 0.3 is 0 Å². The Morgan fingerprint density at radius 3 is 2.88 bits per heavy atom. The third kappa shape index (κ3) is 5.49. The maximum atomic E-state index is 5.44. The molecule has 0 spiro atoms. The van der Waals surface area contributed by atoms with Crippen LogP contribution in [0.4, 0.5) is 5.82 Å². The van der Waals surface area contributed by atoms with Crippen molar-refractivity contribution in [3.63, 3.8) is 0 Å². The normalized spacial score (nSPS) is 10.6. The van der Waals surface area contributed by atoms with E-state index < -0.39 is 0 Å². The molecule has 1 N–H and O–H groups in total. The summed E-state index contributed by atoms with van der Waals surface area (Å²) in [5, 5.41) is 3.25. The van der Waals surface area contributed by atoms with Gasteiger partial charge in [-0.3, -0.25) is 0 Å². The summed E-state index contributed by atoms with van der Waals surface area (Å²) >= 11 is 0. The van der Waals surface area contributed by atoms with Crippen molar-refractivity contribution >= 4 is 5.82 Å². The van der Waals surface area contributed by atoms with Crippen molar-refractivity contribution in [1.29, 1.82) is 0 Å². The van der Waals surface area contributed by atoms with Gasteiger partial charge in [0, 0.05) is 19.2 Å². The number of ether oxygens (including phenoxy) is 1. The van der Waals surface area contributed by atoms with E-state index in [-0.39, 0.29) is 0 Å². The lowest BCUT2D eigenvalue weighted by molar-refractivity contribution is 0.305. The topological polar surface area (TPSA) is 50.3 Å². The lowest BCUT2D eigenvalue weighted by atomic mass is 10.5. The van der Waals surface area contributed by atoms with E-state index in [0.717, 1.165) is 31.9 Å². The number of nitrogens with zero attached hydrogens (tertiary/aromatic N) is 3. The first-order chi connectivity index (χ1) is 8.26. The molecule has 0 bridgehead atoms. The van der Waals surface area contributed by atoms with Crippen molar-refractivity contribution in [3.8, 4) is 5.88 Å². The number of aromatic nitrogens is 2. The molecule has 0 aliphatic heterocycles. The predicted molar refractivity (Wildman–Crippen MR) is 69.5 cm³/mol. The molecule has 1 aromatic rings. The highest BCUT2D eigenvalue weighted by Crippen LogP contribution is 2.10. The fraction of sp³-hybridized carbons (Fsp3) is 0.667. The van der Waals surface area contributed by atoms with Crippen molar-refractivity contribution in [2.45, 2.75) is 20.3 Å². The zero-order valence-corrected chi connectivity index (χ0v) is 10.9. The molecule has 0 saturated heterocycles. The van der Waals surface area contributed by atoms with E-state index in [0.29, 0.717) is 12.5 Å². The quantitative estimate of drug-likeness (QED) is 0.746. The van der Waals surface area contributed by atoms with Crippen LogP contribution in [0.3, 0.4) is 0 Å². The molecule has 0 aliphatic carbocycles. The van der Waals surface area contributed by atoms with Crippen LogP contribution < -0.4 is 10.1 Å². The van der Waals surface area contributed by atoms with Crippen LogP contribution in [0.1, 0.15) is 20.3 Å². The van der Waals surface area contributed by atoms with Gasteiger partial charge in [0.2, 0.25) is 5.88 Å². The first kappa shape index (κ1) is 13.7. The first-order valence-electron chi connectivity index (χ1n) is 6.13. The highest BCUT2D eigenvalue weighted by atomic mass is 16.5. The van der Waals surface area contributed by atoms with Gasteiger partial charge in [0.1, 0.15) is 12.1 Å². The van der Waals surface area contributed by atoms with Crippen molar-refractivity contribution in [3.05, 3.63) is 12.4 Å². The maximum Gasteiger partial charge on any atom is 0.218 e. The Morgan fingerprint density at radius 2 is 2.18 bits per heavy atom. The fourth-order valence-electron chi connectivity index (χ4n) is 1.25. The molecule has 0 aliphatic rings. The molecule has 5 heteroatoms. The minimum Gasteiger partial charge on any atom is -0.478 e. The second-order valence-electron chi connectivity index (χ2n) is 3.91. The van der Waals surface area contributed by atoms with Crippen LogP contribution in [0.2, 0.25) is 0 Å². The van der Waals surface area contributed by atoms with Gasteiger partial charge in [-0.05, 0) is 20.0 Å². The summed E-state index contributed by atoms with van der Waals surface area (Å²) in [6, 6.07) is 1.83. The van der Waals surface area contributed by atoms with Crippen molar-refractivity contribution < 1.29 is 4.74 Å². The standard InChI is InChI=1S/C12H22N4O/c1-4-8-17-12-9-11(14-10-15-12)13-6-7-16(3)5-2/h9-10H,4-8H2,1-3H3,(H,13,14,15). The van der Waals surface area contributed by atoms with E-state index >= 15 is 0 Å². The highest BCUT2D eigenvalue weighted by Gasteiger charge is 1.99. The number of hydrogen-bond donors (Lipinski definition) is 1. The lowest BCUT2D eigenvalue weighted by Crippen LogP contribution is -2.24. The summed E-state index contributed by atoms with van der Waals surface area (Å²) in [5.74, 6) is 1.45. The van der Waals surface area contributed by atoms with Crippen LogP contribution in [0.25, 0.3) is 0 Å². The Morgan fingerprint density at radius 1 is 1.35 bits per heavy atom. The second-order valence-corrected chi connectivity index (χ2v) is 3.91. The average Bonchev–Trinajstić information content (AvgIpc) is 2.36. The van der Waals surface area contributed by atoms with Gasteiger partial charge < -0.3 is 15.0 Å². The Bertz CT molecular complexity index is 319. The number of anilines is 1. The summed E-state index contributed by atoms with van der Waals surface area (Å²) in [6.07, 6.45) is 2.50. The molecule has 17 heavy (non-hydrogen) atoms. The van der Waals surface area contributed by atoms with E-state index in [4.69, 9.17) is 4.74 Å². The molecule has 0 amide bonds. The molecule has 1 aromatic heterocycles. The smallest absolute Gasteiger partial charge is 0.218 e. The Hall–Kier alpha value is -1.36. The van der Waals surface area contributed by atoms with E-state index in [1.165, 1.54) is 6.33 Å². The number of likely N-dealkylation sites (N-methyl/N-ethyl adjacent to an activating group) is 1. The van der Waals surface area contributed by atoms with Crippen LogP contribution in [-0.2, 0) is 0 Å². The van der Waals surface area contributed by atoms with E-state index in [2.05, 4.69) is 41.1 Å². The number of hydrogen-bond acceptors (Lipinski definition) is 5. The van der Waals surface area contributed by atoms with Gasteiger partial charge in [-0.2, -0.15) is 0 Å². The summed E-state index contributed by atoms with van der Waals surface area (Å²) < 4.78 is 5.44. The van der Waals surface area contributed by atoms with Crippen LogP contribution in [0.5, 0.6) is 5.88 Å². The van der Waals surface area contributed by atoms with Crippen LogP contribution in [-0.4, -0.2) is 48.2 Å². The molecule has 0 radical (unpaired) electrons. The van der Waals surface area contributed by atoms with Gasteiger partial charge in [0.15, 0.2) is 0 Å². The zero-order valence-electron chi connectivity index (χ0n) is 10.9. The number of nitrogens with one attached hydrogen (secondary N) is 1. The lowest BCUT2D eigenvalue weighted by Gasteiger charge is -2.14.